The molecule has 0 aliphatic rings. The normalized spacial score (nSPS) is 11.1. The van der Waals surface area contributed by atoms with Crippen molar-refractivity contribution in [3.05, 3.63) is 26.0 Å². The predicted octanol–water partition coefficient (Wildman–Crippen LogP) is 3.25. The van der Waals surface area contributed by atoms with Gasteiger partial charge >= 0.3 is 0 Å². The van der Waals surface area contributed by atoms with E-state index in [2.05, 4.69) is 55.0 Å². The number of hydrogen-bond acceptors (Lipinski definition) is 1. The average Bonchev–Trinajstić information content (AvgIpc) is 2.33. The number of aryl methyl sites for hydroxylation is 1. The summed E-state index contributed by atoms with van der Waals surface area (Å²) in [7, 11) is 2.04. The van der Waals surface area contributed by atoms with Gasteiger partial charge in [0, 0.05) is 32.4 Å². The SMILES string of the molecule is Cc1c(I)c2c(Br)ccnc2n1C. The largest absolute Gasteiger partial charge is 0.332 e. The number of aromatic nitrogens is 2. The first-order valence-electron chi connectivity index (χ1n) is 3.88. The van der Waals surface area contributed by atoms with Crippen LogP contribution < -0.4 is 0 Å². The Bertz CT molecular complexity index is 476. The lowest BCUT2D eigenvalue weighted by Crippen LogP contribution is -1.91. The van der Waals surface area contributed by atoms with Crippen molar-refractivity contribution in [1.82, 2.24) is 9.55 Å². The maximum atomic E-state index is 4.35. The van der Waals surface area contributed by atoms with Crippen molar-refractivity contribution in [2.24, 2.45) is 7.05 Å². The lowest BCUT2D eigenvalue weighted by atomic mass is 10.3. The van der Waals surface area contributed by atoms with Gasteiger partial charge in [-0.3, -0.25) is 0 Å². The van der Waals surface area contributed by atoms with Crippen LogP contribution in [0.4, 0.5) is 0 Å². The van der Waals surface area contributed by atoms with Gasteiger partial charge in [0.05, 0.1) is 0 Å². The molecule has 2 nitrogen and oxygen atoms in total. The highest BCUT2D eigenvalue weighted by Crippen LogP contribution is 2.30. The van der Waals surface area contributed by atoms with Gasteiger partial charge in [0.25, 0.3) is 0 Å². The second kappa shape index (κ2) is 3.24. The number of fused-ring (bicyclic) bond motifs is 1. The minimum Gasteiger partial charge on any atom is -0.332 e. The molecule has 0 spiro atoms. The van der Waals surface area contributed by atoms with Crippen molar-refractivity contribution in [3.63, 3.8) is 0 Å². The molecule has 4 heteroatoms. The molecule has 2 rings (SSSR count). The first-order valence-corrected chi connectivity index (χ1v) is 5.75. The van der Waals surface area contributed by atoms with E-state index in [1.807, 2.05) is 19.3 Å². The van der Waals surface area contributed by atoms with Crippen LogP contribution in [-0.2, 0) is 7.05 Å². The Kier molecular flexibility index (Phi) is 2.35. The number of halogens is 2. The number of rotatable bonds is 0. The molecular formula is C9H8BrIN2. The van der Waals surface area contributed by atoms with Crippen LogP contribution in [0, 0.1) is 10.5 Å². The molecule has 68 valence electrons. The fraction of sp³-hybridized carbons (Fsp3) is 0.222. The molecule has 0 amide bonds. The molecule has 2 aromatic rings. The fourth-order valence-corrected chi connectivity index (χ4v) is 3.13. The molecule has 2 heterocycles. The van der Waals surface area contributed by atoms with E-state index in [9.17, 15) is 0 Å². The van der Waals surface area contributed by atoms with Crippen LogP contribution >= 0.6 is 38.5 Å². The van der Waals surface area contributed by atoms with Crippen LogP contribution in [0.1, 0.15) is 5.69 Å². The predicted molar refractivity (Wildman–Crippen MR) is 65.9 cm³/mol. The first-order chi connectivity index (χ1) is 6.13. The van der Waals surface area contributed by atoms with E-state index < -0.39 is 0 Å². The Hall–Kier alpha value is -0.100. The molecule has 0 fully saturated rings. The zero-order valence-corrected chi connectivity index (χ0v) is 11.0. The van der Waals surface area contributed by atoms with Gasteiger partial charge in [-0.2, -0.15) is 0 Å². The van der Waals surface area contributed by atoms with Gasteiger partial charge in [0.15, 0.2) is 0 Å². The Labute approximate surface area is 98.6 Å². The van der Waals surface area contributed by atoms with E-state index >= 15 is 0 Å². The van der Waals surface area contributed by atoms with Gasteiger partial charge in [-0.25, -0.2) is 4.98 Å². The highest BCUT2D eigenvalue weighted by molar-refractivity contribution is 14.1. The summed E-state index contributed by atoms with van der Waals surface area (Å²) in [6.45, 7) is 2.11. The highest BCUT2D eigenvalue weighted by atomic mass is 127. The van der Waals surface area contributed by atoms with E-state index in [0.717, 1.165) is 10.1 Å². The van der Waals surface area contributed by atoms with Crippen LogP contribution in [0.5, 0.6) is 0 Å². The molecule has 0 saturated heterocycles. The summed E-state index contributed by atoms with van der Waals surface area (Å²) >= 11 is 5.90. The van der Waals surface area contributed by atoms with Crippen LogP contribution in [-0.4, -0.2) is 9.55 Å². The molecular weight excluding hydrogens is 343 g/mol. The number of pyridine rings is 1. The molecule has 2 aromatic heterocycles. The van der Waals surface area contributed by atoms with Gasteiger partial charge in [-0.05, 0) is 51.5 Å². The Morgan fingerprint density at radius 3 is 2.85 bits per heavy atom. The van der Waals surface area contributed by atoms with E-state index in [1.165, 1.54) is 14.7 Å². The molecule has 0 N–H and O–H groups in total. The maximum Gasteiger partial charge on any atom is 0.142 e. The minimum atomic E-state index is 1.04. The molecule has 0 radical (unpaired) electrons. The maximum absolute atomic E-state index is 4.35. The number of nitrogens with zero attached hydrogens (tertiary/aromatic N) is 2. The summed E-state index contributed by atoms with van der Waals surface area (Å²) in [5, 5.41) is 1.21. The van der Waals surface area contributed by atoms with Gasteiger partial charge < -0.3 is 4.57 Å². The quantitative estimate of drug-likeness (QED) is 0.667. The van der Waals surface area contributed by atoms with Crippen LogP contribution in [0.3, 0.4) is 0 Å². The molecule has 0 saturated carbocycles. The second-order valence-corrected chi connectivity index (χ2v) is 4.88. The van der Waals surface area contributed by atoms with Gasteiger partial charge in [0.2, 0.25) is 0 Å². The molecule has 0 bridgehead atoms. The lowest BCUT2D eigenvalue weighted by molar-refractivity contribution is 0.898. The summed E-state index contributed by atoms with van der Waals surface area (Å²) < 4.78 is 4.50. The lowest BCUT2D eigenvalue weighted by Gasteiger charge is -1.96. The van der Waals surface area contributed by atoms with Crippen LogP contribution in [0.2, 0.25) is 0 Å². The first kappa shape index (κ1) is 9.45. The van der Waals surface area contributed by atoms with Crippen molar-refractivity contribution in [2.75, 3.05) is 0 Å². The summed E-state index contributed by atoms with van der Waals surface area (Å²) in [6, 6.07) is 1.98. The van der Waals surface area contributed by atoms with Crippen LogP contribution in [0.25, 0.3) is 11.0 Å². The minimum absolute atomic E-state index is 1.04. The fourth-order valence-electron chi connectivity index (χ4n) is 1.37. The number of hydrogen-bond donors (Lipinski definition) is 0. The van der Waals surface area contributed by atoms with E-state index in [0.29, 0.717) is 0 Å². The molecule has 0 aliphatic heterocycles. The van der Waals surface area contributed by atoms with E-state index in [1.54, 1.807) is 0 Å². The highest BCUT2D eigenvalue weighted by Gasteiger charge is 2.12. The third-order valence-corrected chi connectivity index (χ3v) is 4.22. The van der Waals surface area contributed by atoms with Crippen LogP contribution in [0.15, 0.2) is 16.7 Å². The molecule has 13 heavy (non-hydrogen) atoms. The summed E-state index contributed by atoms with van der Waals surface area (Å²) in [6.07, 6.45) is 1.82. The topological polar surface area (TPSA) is 17.8 Å². The van der Waals surface area contributed by atoms with Crippen molar-refractivity contribution in [3.8, 4) is 0 Å². The van der Waals surface area contributed by atoms with Gasteiger partial charge in [0.1, 0.15) is 5.65 Å². The third-order valence-electron chi connectivity index (χ3n) is 2.24. The molecule has 0 aromatic carbocycles. The Balaban J connectivity index is 3.03. The van der Waals surface area contributed by atoms with Gasteiger partial charge in [-0.15, -0.1) is 0 Å². The molecule has 0 aliphatic carbocycles. The zero-order chi connectivity index (χ0) is 9.59. The second-order valence-electron chi connectivity index (χ2n) is 2.95. The summed E-state index contributed by atoms with van der Waals surface area (Å²) in [4.78, 5) is 4.35. The standard InChI is InChI=1S/C9H8BrIN2/c1-5-8(11)7-6(10)3-4-12-9(7)13(5)2/h3-4H,1-2H3. The summed E-state index contributed by atoms with van der Waals surface area (Å²) in [5.74, 6) is 0. The average molecular weight is 351 g/mol. The van der Waals surface area contributed by atoms with E-state index in [4.69, 9.17) is 0 Å². The van der Waals surface area contributed by atoms with Crippen molar-refractivity contribution >= 4 is 49.6 Å². The molecule has 0 atom stereocenters. The monoisotopic (exact) mass is 350 g/mol. The molecule has 0 unspecified atom stereocenters. The van der Waals surface area contributed by atoms with Crippen molar-refractivity contribution in [1.29, 1.82) is 0 Å². The third kappa shape index (κ3) is 1.30. The van der Waals surface area contributed by atoms with E-state index in [-0.39, 0.29) is 0 Å². The smallest absolute Gasteiger partial charge is 0.142 e. The Morgan fingerprint density at radius 2 is 2.23 bits per heavy atom. The zero-order valence-electron chi connectivity index (χ0n) is 7.31. The van der Waals surface area contributed by atoms with Crippen molar-refractivity contribution < 1.29 is 0 Å². The summed E-state index contributed by atoms with van der Waals surface area (Å²) in [5.41, 5.74) is 2.30. The Morgan fingerprint density at radius 1 is 1.54 bits per heavy atom. The van der Waals surface area contributed by atoms with Crippen molar-refractivity contribution in [2.45, 2.75) is 6.92 Å². The van der Waals surface area contributed by atoms with Gasteiger partial charge in [-0.1, -0.05) is 0 Å².